The Labute approximate surface area is 189 Å². The molecule has 3 aromatic carbocycles. The number of fused-ring (bicyclic) bond motifs is 1. The van der Waals surface area contributed by atoms with Gasteiger partial charge in [0.1, 0.15) is 11.6 Å². The summed E-state index contributed by atoms with van der Waals surface area (Å²) in [6.45, 7) is 2.09. The summed E-state index contributed by atoms with van der Waals surface area (Å²) in [6.07, 6.45) is 4.13. The van der Waals surface area contributed by atoms with E-state index >= 15 is 8.78 Å². The third-order valence-corrected chi connectivity index (χ3v) is 6.51. The number of benzene rings is 3. The van der Waals surface area contributed by atoms with Crippen molar-refractivity contribution in [1.29, 1.82) is 0 Å². The topological polar surface area (TPSA) is 0 Å². The van der Waals surface area contributed by atoms with Crippen molar-refractivity contribution in [3.63, 3.8) is 0 Å². The Bertz CT molecular complexity index is 1180. The van der Waals surface area contributed by atoms with Gasteiger partial charge in [0.15, 0.2) is 23.3 Å². The number of aryl methyl sites for hydroxylation is 1. The van der Waals surface area contributed by atoms with Crippen LogP contribution in [0.15, 0.2) is 36.4 Å². The number of hydrogen-bond acceptors (Lipinski definition) is 0. The summed E-state index contributed by atoms with van der Waals surface area (Å²) >= 11 is 0. The molecule has 0 aromatic heterocycles. The van der Waals surface area contributed by atoms with Crippen LogP contribution in [0.25, 0.3) is 11.1 Å². The zero-order valence-corrected chi connectivity index (χ0v) is 18.3. The van der Waals surface area contributed by atoms with E-state index in [1.807, 2.05) is 6.07 Å². The van der Waals surface area contributed by atoms with Gasteiger partial charge in [-0.1, -0.05) is 44.0 Å². The van der Waals surface area contributed by atoms with E-state index in [-0.39, 0.29) is 24.0 Å². The molecule has 0 aliphatic heterocycles. The fourth-order valence-corrected chi connectivity index (χ4v) is 4.73. The molecule has 0 saturated heterocycles. The first-order valence-corrected chi connectivity index (χ1v) is 11.2. The van der Waals surface area contributed by atoms with E-state index in [2.05, 4.69) is 6.92 Å². The molecule has 0 spiro atoms. The average molecular weight is 462 g/mol. The van der Waals surface area contributed by atoms with Crippen LogP contribution in [-0.2, 0) is 19.3 Å². The van der Waals surface area contributed by atoms with Crippen molar-refractivity contribution in [3.05, 3.63) is 93.6 Å². The van der Waals surface area contributed by atoms with Gasteiger partial charge >= 0.3 is 0 Å². The van der Waals surface area contributed by atoms with Gasteiger partial charge in [-0.3, -0.25) is 0 Å². The van der Waals surface area contributed by atoms with Crippen LogP contribution in [-0.4, -0.2) is 0 Å². The lowest BCUT2D eigenvalue weighted by molar-refractivity contribution is 0.451. The van der Waals surface area contributed by atoms with Gasteiger partial charge in [0.05, 0.1) is 5.56 Å². The van der Waals surface area contributed by atoms with Crippen molar-refractivity contribution in [2.75, 3.05) is 0 Å². The number of rotatable bonds is 6. The highest BCUT2D eigenvalue weighted by Crippen LogP contribution is 2.41. The lowest BCUT2D eigenvalue weighted by Crippen LogP contribution is -2.19. The predicted molar refractivity (Wildman–Crippen MR) is 116 cm³/mol. The summed E-state index contributed by atoms with van der Waals surface area (Å²) in [5.41, 5.74) is -0.553. The van der Waals surface area contributed by atoms with Crippen LogP contribution >= 0.6 is 0 Å². The van der Waals surface area contributed by atoms with Gasteiger partial charge in [-0.05, 0) is 72.4 Å². The van der Waals surface area contributed by atoms with Crippen LogP contribution in [0.4, 0.5) is 26.3 Å². The molecule has 0 bridgehead atoms. The van der Waals surface area contributed by atoms with Crippen LogP contribution in [0.2, 0.25) is 0 Å². The second-order valence-electron chi connectivity index (χ2n) is 8.63. The summed E-state index contributed by atoms with van der Waals surface area (Å²) in [5, 5.41) is 0. The Kier molecular flexibility index (Phi) is 6.82. The number of halogens is 6. The SMILES string of the molecule is CCCCCc1ccc(C2CCc3c(F)c(-c4cccc(F)c4F)c(F)c(F)c3C2)c(F)c1. The normalized spacial score (nSPS) is 15.5. The van der Waals surface area contributed by atoms with Crippen molar-refractivity contribution in [3.8, 4) is 11.1 Å². The van der Waals surface area contributed by atoms with Gasteiger partial charge in [0.2, 0.25) is 0 Å². The maximum atomic E-state index is 15.2. The second-order valence-corrected chi connectivity index (χ2v) is 8.63. The van der Waals surface area contributed by atoms with Crippen LogP contribution in [0.3, 0.4) is 0 Å². The highest BCUT2D eigenvalue weighted by atomic mass is 19.2. The lowest BCUT2D eigenvalue weighted by Gasteiger charge is -2.27. The van der Waals surface area contributed by atoms with E-state index in [1.54, 1.807) is 6.07 Å². The maximum Gasteiger partial charge on any atom is 0.169 e. The van der Waals surface area contributed by atoms with E-state index in [1.165, 1.54) is 6.07 Å². The summed E-state index contributed by atoms with van der Waals surface area (Å²) < 4.78 is 87.8. The third kappa shape index (κ3) is 4.40. The molecule has 6 heteroatoms. The molecule has 0 fully saturated rings. The fraction of sp³-hybridized carbons (Fsp3) is 0.333. The van der Waals surface area contributed by atoms with E-state index < -0.39 is 51.9 Å². The molecule has 4 rings (SSSR count). The summed E-state index contributed by atoms with van der Waals surface area (Å²) in [7, 11) is 0. The fourth-order valence-electron chi connectivity index (χ4n) is 4.73. The van der Waals surface area contributed by atoms with E-state index in [0.717, 1.165) is 49.4 Å². The zero-order valence-electron chi connectivity index (χ0n) is 18.3. The van der Waals surface area contributed by atoms with Gasteiger partial charge < -0.3 is 0 Å². The minimum Gasteiger partial charge on any atom is -0.207 e. The summed E-state index contributed by atoms with van der Waals surface area (Å²) in [4.78, 5) is 0. The molecule has 0 saturated carbocycles. The standard InChI is InChI=1S/C27H24F6/c1-2-3-4-6-15-9-11-17(22(29)13-15)16-10-12-18-20(14-16)26(32)27(33)23(25(18)31)19-7-5-8-21(28)24(19)30/h5,7-9,11,13,16H,2-4,6,10,12,14H2,1H3. The second kappa shape index (κ2) is 9.62. The highest BCUT2D eigenvalue weighted by Gasteiger charge is 2.32. The minimum atomic E-state index is -1.57. The molecule has 1 aliphatic rings. The monoisotopic (exact) mass is 462 g/mol. The molecule has 0 amide bonds. The van der Waals surface area contributed by atoms with E-state index in [9.17, 15) is 17.6 Å². The molecule has 0 heterocycles. The molecule has 174 valence electrons. The van der Waals surface area contributed by atoms with Crippen molar-refractivity contribution >= 4 is 0 Å². The Morgan fingerprint density at radius 1 is 0.788 bits per heavy atom. The summed E-state index contributed by atoms with van der Waals surface area (Å²) in [6, 6.07) is 7.93. The van der Waals surface area contributed by atoms with Crippen molar-refractivity contribution in [2.24, 2.45) is 0 Å². The Morgan fingerprint density at radius 3 is 2.30 bits per heavy atom. The molecule has 1 unspecified atom stereocenters. The van der Waals surface area contributed by atoms with Crippen LogP contribution in [0.1, 0.15) is 60.8 Å². The molecule has 33 heavy (non-hydrogen) atoms. The molecular weight excluding hydrogens is 438 g/mol. The Morgan fingerprint density at radius 2 is 1.58 bits per heavy atom. The largest absolute Gasteiger partial charge is 0.207 e. The zero-order chi connectivity index (χ0) is 23.7. The van der Waals surface area contributed by atoms with Gasteiger partial charge in [0, 0.05) is 5.56 Å². The first-order valence-electron chi connectivity index (χ1n) is 11.2. The van der Waals surface area contributed by atoms with Gasteiger partial charge in [-0.15, -0.1) is 0 Å². The molecule has 0 N–H and O–H groups in total. The molecule has 0 nitrogen and oxygen atoms in total. The van der Waals surface area contributed by atoms with Crippen molar-refractivity contribution in [1.82, 2.24) is 0 Å². The molecule has 1 atom stereocenters. The Hall–Kier alpha value is -2.76. The van der Waals surface area contributed by atoms with Gasteiger partial charge in [-0.25, -0.2) is 26.3 Å². The molecule has 3 aromatic rings. The predicted octanol–water partition coefficient (Wildman–Crippen LogP) is 8.19. The quantitative estimate of drug-likeness (QED) is 0.197. The highest BCUT2D eigenvalue weighted by molar-refractivity contribution is 5.68. The van der Waals surface area contributed by atoms with E-state index in [4.69, 9.17) is 0 Å². The third-order valence-electron chi connectivity index (χ3n) is 6.51. The van der Waals surface area contributed by atoms with Crippen LogP contribution < -0.4 is 0 Å². The van der Waals surface area contributed by atoms with Crippen LogP contribution in [0, 0.1) is 34.9 Å². The number of unbranched alkanes of at least 4 members (excludes halogenated alkanes) is 2. The molecular formula is C27H24F6. The average Bonchev–Trinajstić information content (AvgIpc) is 2.80. The first kappa shape index (κ1) is 23.4. The molecule has 0 radical (unpaired) electrons. The summed E-state index contributed by atoms with van der Waals surface area (Å²) in [5.74, 6) is -7.53. The van der Waals surface area contributed by atoms with Gasteiger partial charge in [-0.2, -0.15) is 0 Å². The van der Waals surface area contributed by atoms with Crippen molar-refractivity contribution < 1.29 is 26.3 Å². The van der Waals surface area contributed by atoms with Crippen LogP contribution in [0.5, 0.6) is 0 Å². The van der Waals surface area contributed by atoms with Crippen molar-refractivity contribution in [2.45, 2.75) is 57.8 Å². The number of hydrogen-bond donors (Lipinski definition) is 0. The molecule has 1 aliphatic carbocycles. The lowest BCUT2D eigenvalue weighted by atomic mass is 9.78. The van der Waals surface area contributed by atoms with E-state index in [0.29, 0.717) is 12.0 Å². The minimum absolute atomic E-state index is 0.0324. The smallest absolute Gasteiger partial charge is 0.169 e. The first-order chi connectivity index (χ1) is 15.8. The maximum absolute atomic E-state index is 15.2. The van der Waals surface area contributed by atoms with Gasteiger partial charge in [0.25, 0.3) is 0 Å². The Balaban J connectivity index is 1.67.